The molecule has 0 aliphatic carbocycles. The first-order valence-electron chi connectivity index (χ1n) is 6.63. The van der Waals surface area contributed by atoms with Crippen LogP contribution in [0.15, 0.2) is 40.9 Å². The molecule has 0 bridgehead atoms. The molecule has 0 saturated carbocycles. The highest BCUT2D eigenvalue weighted by Gasteiger charge is 2.18. The van der Waals surface area contributed by atoms with Crippen LogP contribution in [-0.4, -0.2) is 24.6 Å². The number of hydrogen-bond donors (Lipinski definition) is 0. The zero-order chi connectivity index (χ0) is 15.7. The molecule has 0 saturated heterocycles. The van der Waals surface area contributed by atoms with E-state index in [0.29, 0.717) is 28.1 Å². The number of amides is 1. The van der Waals surface area contributed by atoms with Gasteiger partial charge < -0.3 is 14.4 Å². The Morgan fingerprint density at radius 3 is 2.77 bits per heavy atom. The van der Waals surface area contributed by atoms with Crippen LogP contribution in [0.3, 0.4) is 0 Å². The lowest BCUT2D eigenvalue weighted by Gasteiger charge is -2.18. The Morgan fingerprint density at radius 2 is 2.00 bits per heavy atom. The maximum Gasteiger partial charge on any atom is 0.255 e. The third kappa shape index (κ3) is 2.92. The molecule has 1 amide bonds. The summed E-state index contributed by atoms with van der Waals surface area (Å²) in [5.41, 5.74) is 1.35. The standard InChI is InChI=1S/C16H13BrFNO3/c1-19(16(20)12-4-3-11(18)7-13(12)17)8-10-2-5-14-15(6-10)22-9-21-14/h2-7H,8-9H2,1H3. The van der Waals surface area contributed by atoms with Crippen LogP contribution in [0.2, 0.25) is 0 Å². The van der Waals surface area contributed by atoms with Crippen LogP contribution in [0.1, 0.15) is 15.9 Å². The molecule has 1 heterocycles. The molecule has 0 radical (unpaired) electrons. The van der Waals surface area contributed by atoms with Crippen LogP contribution in [0.4, 0.5) is 4.39 Å². The van der Waals surface area contributed by atoms with Gasteiger partial charge in [-0.15, -0.1) is 0 Å². The van der Waals surface area contributed by atoms with Crippen molar-refractivity contribution in [3.63, 3.8) is 0 Å². The summed E-state index contributed by atoms with van der Waals surface area (Å²) < 4.78 is 24.1. The quantitative estimate of drug-likeness (QED) is 0.834. The van der Waals surface area contributed by atoms with Crippen LogP contribution >= 0.6 is 15.9 Å². The SMILES string of the molecule is CN(Cc1ccc2c(c1)OCO2)C(=O)c1ccc(F)cc1Br. The van der Waals surface area contributed by atoms with Gasteiger partial charge in [0.05, 0.1) is 5.56 Å². The van der Waals surface area contributed by atoms with Crippen molar-refractivity contribution >= 4 is 21.8 Å². The Labute approximate surface area is 135 Å². The summed E-state index contributed by atoms with van der Waals surface area (Å²) in [6.45, 7) is 0.634. The van der Waals surface area contributed by atoms with E-state index in [1.54, 1.807) is 11.9 Å². The molecular formula is C16H13BrFNO3. The van der Waals surface area contributed by atoms with Crippen LogP contribution in [0.25, 0.3) is 0 Å². The maximum atomic E-state index is 13.1. The zero-order valence-electron chi connectivity index (χ0n) is 11.8. The Hall–Kier alpha value is -2.08. The average Bonchev–Trinajstić information content (AvgIpc) is 2.94. The lowest BCUT2D eigenvalue weighted by Crippen LogP contribution is -2.26. The van der Waals surface area contributed by atoms with Crippen molar-refractivity contribution in [1.29, 1.82) is 0 Å². The average molecular weight is 366 g/mol. The minimum absolute atomic E-state index is 0.190. The summed E-state index contributed by atoms with van der Waals surface area (Å²) in [4.78, 5) is 14.0. The summed E-state index contributed by atoms with van der Waals surface area (Å²) >= 11 is 3.22. The van der Waals surface area contributed by atoms with E-state index >= 15 is 0 Å². The number of carbonyl (C=O) groups excluding carboxylic acids is 1. The number of rotatable bonds is 3. The molecule has 0 N–H and O–H groups in total. The van der Waals surface area contributed by atoms with Crippen LogP contribution in [0, 0.1) is 5.82 Å². The van der Waals surface area contributed by atoms with Crippen LogP contribution < -0.4 is 9.47 Å². The van der Waals surface area contributed by atoms with Gasteiger partial charge in [-0.2, -0.15) is 0 Å². The van der Waals surface area contributed by atoms with Gasteiger partial charge in [0.25, 0.3) is 5.91 Å². The molecule has 1 aliphatic rings. The molecule has 0 unspecified atom stereocenters. The summed E-state index contributed by atoms with van der Waals surface area (Å²) in [5, 5.41) is 0. The number of ether oxygens (including phenoxy) is 2. The van der Waals surface area contributed by atoms with Gasteiger partial charge in [0, 0.05) is 18.1 Å². The van der Waals surface area contributed by atoms with E-state index in [9.17, 15) is 9.18 Å². The predicted octanol–water partition coefficient (Wildman–Crippen LogP) is 3.59. The normalized spacial score (nSPS) is 12.3. The largest absolute Gasteiger partial charge is 0.454 e. The van der Waals surface area contributed by atoms with E-state index < -0.39 is 0 Å². The fraction of sp³-hybridized carbons (Fsp3) is 0.188. The van der Waals surface area contributed by atoms with Crippen molar-refractivity contribution in [1.82, 2.24) is 4.90 Å². The Bertz CT molecular complexity index is 735. The monoisotopic (exact) mass is 365 g/mol. The van der Waals surface area contributed by atoms with Gasteiger partial charge in [-0.1, -0.05) is 6.07 Å². The second kappa shape index (κ2) is 5.96. The van der Waals surface area contributed by atoms with Gasteiger partial charge in [0.1, 0.15) is 5.82 Å². The first kappa shape index (κ1) is 14.8. The van der Waals surface area contributed by atoms with E-state index in [0.717, 1.165) is 5.56 Å². The molecule has 0 fully saturated rings. The summed E-state index contributed by atoms with van der Waals surface area (Å²) in [6, 6.07) is 9.58. The van der Waals surface area contributed by atoms with Crippen LogP contribution in [0.5, 0.6) is 11.5 Å². The highest BCUT2D eigenvalue weighted by molar-refractivity contribution is 9.10. The number of benzene rings is 2. The van der Waals surface area contributed by atoms with Gasteiger partial charge in [-0.05, 0) is 51.8 Å². The second-order valence-corrected chi connectivity index (χ2v) is 5.83. The fourth-order valence-electron chi connectivity index (χ4n) is 2.25. The first-order chi connectivity index (χ1) is 10.5. The molecule has 2 aromatic carbocycles. The van der Waals surface area contributed by atoms with Crippen LogP contribution in [-0.2, 0) is 6.54 Å². The molecular weight excluding hydrogens is 353 g/mol. The van der Waals surface area contributed by atoms with Gasteiger partial charge in [-0.3, -0.25) is 4.79 Å². The maximum absolute atomic E-state index is 13.1. The molecule has 6 heteroatoms. The molecule has 114 valence electrons. The summed E-state index contributed by atoms with van der Waals surface area (Å²) in [5.74, 6) is 0.812. The number of fused-ring (bicyclic) bond motifs is 1. The molecule has 3 rings (SSSR count). The van der Waals surface area contributed by atoms with Crippen molar-refractivity contribution in [2.75, 3.05) is 13.8 Å². The molecule has 2 aromatic rings. The fourth-order valence-corrected chi connectivity index (χ4v) is 2.77. The minimum atomic E-state index is -0.387. The first-order valence-corrected chi connectivity index (χ1v) is 7.43. The number of carbonyl (C=O) groups is 1. The van der Waals surface area contributed by atoms with Gasteiger partial charge in [-0.25, -0.2) is 4.39 Å². The Kier molecular flexibility index (Phi) is 4.02. The molecule has 0 spiro atoms. The molecule has 22 heavy (non-hydrogen) atoms. The molecule has 1 aliphatic heterocycles. The minimum Gasteiger partial charge on any atom is -0.454 e. The lowest BCUT2D eigenvalue weighted by atomic mass is 10.1. The van der Waals surface area contributed by atoms with E-state index in [1.807, 2.05) is 18.2 Å². The van der Waals surface area contributed by atoms with Crippen molar-refractivity contribution in [2.45, 2.75) is 6.54 Å². The molecule has 4 nitrogen and oxygen atoms in total. The van der Waals surface area contributed by atoms with Crippen molar-refractivity contribution in [2.24, 2.45) is 0 Å². The van der Waals surface area contributed by atoms with Gasteiger partial charge in [0.2, 0.25) is 6.79 Å². The van der Waals surface area contributed by atoms with Crippen molar-refractivity contribution < 1.29 is 18.7 Å². The Morgan fingerprint density at radius 1 is 1.23 bits per heavy atom. The lowest BCUT2D eigenvalue weighted by molar-refractivity contribution is 0.0784. The molecule has 0 aromatic heterocycles. The predicted molar refractivity (Wildman–Crippen MR) is 82.5 cm³/mol. The van der Waals surface area contributed by atoms with Gasteiger partial charge >= 0.3 is 0 Å². The third-order valence-corrected chi connectivity index (χ3v) is 4.02. The van der Waals surface area contributed by atoms with E-state index in [1.165, 1.54) is 18.2 Å². The highest BCUT2D eigenvalue weighted by Crippen LogP contribution is 2.32. The van der Waals surface area contributed by atoms with E-state index in [4.69, 9.17) is 9.47 Å². The smallest absolute Gasteiger partial charge is 0.255 e. The summed E-state index contributed by atoms with van der Waals surface area (Å²) in [6.07, 6.45) is 0. The third-order valence-electron chi connectivity index (χ3n) is 3.36. The second-order valence-electron chi connectivity index (χ2n) is 4.97. The number of halogens is 2. The van der Waals surface area contributed by atoms with Crippen molar-refractivity contribution in [3.05, 3.63) is 57.8 Å². The highest BCUT2D eigenvalue weighted by atomic mass is 79.9. The number of nitrogens with zero attached hydrogens (tertiary/aromatic N) is 1. The zero-order valence-corrected chi connectivity index (χ0v) is 13.4. The van der Waals surface area contributed by atoms with Crippen molar-refractivity contribution in [3.8, 4) is 11.5 Å². The van der Waals surface area contributed by atoms with Gasteiger partial charge in [0.15, 0.2) is 11.5 Å². The summed E-state index contributed by atoms with van der Waals surface area (Å²) in [7, 11) is 1.70. The number of hydrogen-bond acceptors (Lipinski definition) is 3. The van der Waals surface area contributed by atoms with E-state index in [-0.39, 0.29) is 18.5 Å². The Balaban J connectivity index is 1.76. The van der Waals surface area contributed by atoms with E-state index in [2.05, 4.69) is 15.9 Å². The topological polar surface area (TPSA) is 38.8 Å². The molecule has 0 atom stereocenters.